The lowest BCUT2D eigenvalue weighted by molar-refractivity contribution is -0.119. The van der Waals surface area contributed by atoms with E-state index in [1.165, 1.54) is 0 Å². The number of nitrogens with zero attached hydrogens (tertiary/aromatic N) is 1. The molecular weight excluding hydrogens is 478 g/mol. The van der Waals surface area contributed by atoms with E-state index in [2.05, 4.69) is 26.8 Å². The molecule has 2 fully saturated rings. The van der Waals surface area contributed by atoms with Gasteiger partial charge in [0.25, 0.3) is 0 Å². The van der Waals surface area contributed by atoms with E-state index in [9.17, 15) is 4.79 Å². The number of ether oxygens (including phenoxy) is 1. The summed E-state index contributed by atoms with van der Waals surface area (Å²) in [5.74, 6) is 0.848. The predicted octanol–water partition coefficient (Wildman–Crippen LogP) is 5.03. The molecule has 158 valence electrons. The van der Waals surface area contributed by atoms with E-state index >= 15 is 0 Å². The molecule has 2 aliphatic rings. The van der Waals surface area contributed by atoms with Crippen LogP contribution in [0.3, 0.4) is 0 Å². The first-order valence-electron chi connectivity index (χ1n) is 10.1. The average Bonchev–Trinajstić information content (AvgIpc) is 3.34. The molecular formula is C24H21BrClN3O2. The number of halogens is 2. The number of methoxy groups -OCH3 is 1. The number of rotatable bonds is 4. The van der Waals surface area contributed by atoms with Crippen molar-refractivity contribution in [3.63, 3.8) is 0 Å². The zero-order valence-corrected chi connectivity index (χ0v) is 19.1. The number of carbonyl (C=O) groups excluding carboxylic acids is 1. The molecule has 3 aromatic carbocycles. The Labute approximate surface area is 194 Å². The highest BCUT2D eigenvalue weighted by Crippen LogP contribution is 2.49. The van der Waals surface area contributed by atoms with Crippen LogP contribution in [0.5, 0.6) is 5.75 Å². The van der Waals surface area contributed by atoms with Gasteiger partial charge in [-0.05, 0) is 59.7 Å². The summed E-state index contributed by atoms with van der Waals surface area (Å²) in [6.45, 7) is 0. The van der Waals surface area contributed by atoms with Crippen molar-refractivity contribution in [3.8, 4) is 5.75 Å². The zero-order chi connectivity index (χ0) is 21.5. The highest BCUT2D eigenvalue weighted by Gasteiger charge is 2.55. The lowest BCUT2D eigenvalue weighted by Gasteiger charge is -2.31. The van der Waals surface area contributed by atoms with Crippen molar-refractivity contribution < 1.29 is 9.53 Å². The minimum absolute atomic E-state index is 0.00860. The van der Waals surface area contributed by atoms with E-state index < -0.39 is 0 Å². The molecule has 7 heteroatoms. The van der Waals surface area contributed by atoms with Crippen molar-refractivity contribution in [2.45, 2.75) is 18.1 Å². The summed E-state index contributed by atoms with van der Waals surface area (Å²) in [4.78, 5) is 15.5. The van der Waals surface area contributed by atoms with Crippen LogP contribution in [0.2, 0.25) is 5.02 Å². The standard InChI is InChI=1S/C24H21BrClN3O2/c1-31-19-12-4-14(5-13-19)21-20-22(28-27-21)24(30)29(18-10-6-16(25)7-11-18)23(20)15-2-8-17(26)9-3-15/h2-13,20-23,27-28H,1H3. The summed E-state index contributed by atoms with van der Waals surface area (Å²) in [6, 6.07) is 23.1. The van der Waals surface area contributed by atoms with E-state index in [0.717, 1.165) is 27.0 Å². The minimum atomic E-state index is -0.337. The molecule has 31 heavy (non-hydrogen) atoms. The smallest absolute Gasteiger partial charge is 0.246 e. The van der Waals surface area contributed by atoms with Gasteiger partial charge in [0.2, 0.25) is 5.91 Å². The monoisotopic (exact) mass is 497 g/mol. The summed E-state index contributed by atoms with van der Waals surface area (Å²) < 4.78 is 6.28. The van der Waals surface area contributed by atoms with Gasteiger partial charge in [0, 0.05) is 21.1 Å². The number of benzene rings is 3. The summed E-state index contributed by atoms with van der Waals surface area (Å²) in [7, 11) is 1.66. The van der Waals surface area contributed by atoms with Crippen LogP contribution in [0.1, 0.15) is 23.2 Å². The Morgan fingerprint density at radius 3 is 2.13 bits per heavy atom. The molecule has 2 aliphatic heterocycles. The third kappa shape index (κ3) is 3.64. The lowest BCUT2D eigenvalue weighted by atomic mass is 9.83. The largest absolute Gasteiger partial charge is 0.497 e. The Bertz CT molecular complexity index is 1090. The minimum Gasteiger partial charge on any atom is -0.497 e. The van der Waals surface area contributed by atoms with Gasteiger partial charge in [0.1, 0.15) is 11.8 Å². The first kappa shape index (κ1) is 20.5. The predicted molar refractivity (Wildman–Crippen MR) is 125 cm³/mol. The van der Waals surface area contributed by atoms with Gasteiger partial charge in [-0.1, -0.05) is 51.8 Å². The molecule has 2 N–H and O–H groups in total. The third-order valence-electron chi connectivity index (χ3n) is 6.10. The highest BCUT2D eigenvalue weighted by atomic mass is 79.9. The number of fused-ring (bicyclic) bond motifs is 1. The quantitative estimate of drug-likeness (QED) is 0.530. The molecule has 2 saturated heterocycles. The fourth-order valence-corrected chi connectivity index (χ4v) is 5.04. The Kier molecular flexibility index (Phi) is 5.48. The van der Waals surface area contributed by atoms with Crippen molar-refractivity contribution in [1.82, 2.24) is 10.9 Å². The van der Waals surface area contributed by atoms with Crippen LogP contribution in [-0.2, 0) is 4.79 Å². The molecule has 3 aromatic rings. The zero-order valence-electron chi connectivity index (χ0n) is 16.8. The Hall–Kier alpha value is -2.38. The van der Waals surface area contributed by atoms with Crippen LogP contribution in [-0.4, -0.2) is 19.1 Å². The van der Waals surface area contributed by atoms with Crippen LogP contribution in [0.25, 0.3) is 0 Å². The van der Waals surface area contributed by atoms with Crippen molar-refractivity contribution >= 4 is 39.1 Å². The van der Waals surface area contributed by atoms with Gasteiger partial charge >= 0.3 is 0 Å². The molecule has 0 bridgehead atoms. The first-order valence-corrected chi connectivity index (χ1v) is 11.2. The molecule has 4 atom stereocenters. The number of amides is 1. The SMILES string of the molecule is COc1ccc(C2NNC3C(=O)N(c4ccc(Br)cc4)C(c4ccc(Cl)cc4)C32)cc1. The summed E-state index contributed by atoms with van der Waals surface area (Å²) in [5.41, 5.74) is 9.65. The van der Waals surface area contributed by atoms with Crippen molar-refractivity contribution in [2.75, 3.05) is 12.0 Å². The molecule has 0 saturated carbocycles. The van der Waals surface area contributed by atoms with Crippen LogP contribution in [0.4, 0.5) is 5.69 Å². The van der Waals surface area contributed by atoms with Crippen LogP contribution in [0.15, 0.2) is 77.3 Å². The average molecular weight is 499 g/mol. The Morgan fingerprint density at radius 2 is 1.48 bits per heavy atom. The summed E-state index contributed by atoms with van der Waals surface area (Å²) in [6.07, 6.45) is 0. The number of nitrogens with one attached hydrogen (secondary N) is 2. The van der Waals surface area contributed by atoms with Gasteiger partial charge in [-0.25, -0.2) is 10.9 Å². The van der Waals surface area contributed by atoms with Gasteiger partial charge in [-0.15, -0.1) is 0 Å². The molecule has 0 radical (unpaired) electrons. The molecule has 5 nitrogen and oxygen atoms in total. The second kappa shape index (κ2) is 8.28. The first-order chi connectivity index (χ1) is 15.1. The lowest BCUT2D eigenvalue weighted by Crippen LogP contribution is -2.41. The van der Waals surface area contributed by atoms with E-state index in [0.29, 0.717) is 5.02 Å². The second-order valence-electron chi connectivity index (χ2n) is 7.78. The van der Waals surface area contributed by atoms with Crippen LogP contribution in [0, 0.1) is 5.92 Å². The maximum atomic E-state index is 13.6. The summed E-state index contributed by atoms with van der Waals surface area (Å²) in [5, 5.41) is 0.675. The van der Waals surface area contributed by atoms with Gasteiger partial charge < -0.3 is 9.64 Å². The van der Waals surface area contributed by atoms with Gasteiger partial charge in [-0.2, -0.15) is 0 Å². The normalized spacial score (nSPS) is 25.0. The fraction of sp³-hybridized carbons (Fsp3) is 0.208. The topological polar surface area (TPSA) is 53.6 Å². The number of hydrazine groups is 1. The molecule has 0 spiro atoms. The van der Waals surface area contributed by atoms with Gasteiger partial charge in [0.15, 0.2) is 0 Å². The van der Waals surface area contributed by atoms with Gasteiger partial charge in [-0.3, -0.25) is 4.79 Å². The van der Waals surface area contributed by atoms with Crippen molar-refractivity contribution in [3.05, 3.63) is 93.4 Å². The van der Waals surface area contributed by atoms with Crippen LogP contribution >= 0.6 is 27.5 Å². The fourth-order valence-electron chi connectivity index (χ4n) is 4.65. The maximum Gasteiger partial charge on any atom is 0.246 e. The number of anilines is 1. The highest BCUT2D eigenvalue weighted by molar-refractivity contribution is 9.10. The Morgan fingerprint density at radius 1 is 0.871 bits per heavy atom. The molecule has 1 amide bonds. The molecule has 5 rings (SSSR count). The second-order valence-corrected chi connectivity index (χ2v) is 9.13. The van der Waals surface area contributed by atoms with E-state index in [1.54, 1.807) is 7.11 Å². The van der Waals surface area contributed by atoms with Crippen LogP contribution < -0.4 is 20.5 Å². The number of hydrogen-bond acceptors (Lipinski definition) is 4. The van der Waals surface area contributed by atoms with Gasteiger partial charge in [0.05, 0.1) is 19.2 Å². The van der Waals surface area contributed by atoms with Crippen molar-refractivity contribution in [2.24, 2.45) is 5.92 Å². The van der Waals surface area contributed by atoms with E-state index in [-0.39, 0.29) is 30.0 Å². The third-order valence-corrected chi connectivity index (χ3v) is 6.88. The molecule has 0 aliphatic carbocycles. The Balaban J connectivity index is 1.60. The molecule has 0 aromatic heterocycles. The summed E-state index contributed by atoms with van der Waals surface area (Å²) >= 11 is 9.65. The maximum absolute atomic E-state index is 13.6. The van der Waals surface area contributed by atoms with E-state index in [1.807, 2.05) is 77.7 Å². The van der Waals surface area contributed by atoms with Crippen molar-refractivity contribution in [1.29, 1.82) is 0 Å². The number of hydrogen-bond donors (Lipinski definition) is 2. The molecule has 4 unspecified atom stereocenters. The molecule has 2 heterocycles. The van der Waals surface area contributed by atoms with E-state index in [4.69, 9.17) is 16.3 Å². The number of carbonyl (C=O) groups is 1.